The summed E-state index contributed by atoms with van der Waals surface area (Å²) in [4.78, 5) is 0. The molecule has 4 heterocycles. The van der Waals surface area contributed by atoms with Crippen LogP contribution in [0.15, 0.2) is 170 Å². The highest BCUT2D eigenvalue weighted by molar-refractivity contribution is 5.63. The molecule has 8 rings (SSSR count). The van der Waals surface area contributed by atoms with E-state index in [0.29, 0.717) is 22.5 Å². The Morgan fingerprint density at radius 2 is 0.886 bits per heavy atom. The van der Waals surface area contributed by atoms with Crippen LogP contribution in [0, 0.1) is 39.0 Å². The fourth-order valence-electron chi connectivity index (χ4n) is 8.67. The van der Waals surface area contributed by atoms with Crippen LogP contribution in [0.4, 0.5) is 0 Å². The molecular formula is C66H84N4+4. The minimum Gasteiger partial charge on any atom is -0.201 e. The molecule has 1 unspecified atom stereocenters. The Kier molecular flexibility index (Phi) is 16.6. The molecule has 4 aromatic heterocycles. The minimum absolute atomic E-state index is 0.322. The highest BCUT2D eigenvalue weighted by Crippen LogP contribution is 2.26. The predicted molar refractivity (Wildman–Crippen MR) is 296 cm³/mol. The molecule has 1 atom stereocenters. The van der Waals surface area contributed by atoms with E-state index in [2.05, 4.69) is 176 Å². The summed E-state index contributed by atoms with van der Waals surface area (Å²) in [6.45, 7) is 20.5. The number of pyridine rings is 4. The number of nitrogens with zero attached hydrogens (tertiary/aromatic N) is 4. The molecule has 4 heteroatoms. The molecule has 0 N–H and O–H groups in total. The molecule has 0 aliphatic rings. The van der Waals surface area contributed by atoms with Crippen LogP contribution in [0.2, 0.25) is 0 Å². The van der Waals surface area contributed by atoms with Crippen molar-refractivity contribution in [3.63, 3.8) is 0 Å². The summed E-state index contributed by atoms with van der Waals surface area (Å²) in [6, 6.07) is 50.0. The molecule has 0 spiro atoms. The number of aryl methyl sites for hydroxylation is 9. The Hall–Kier alpha value is -6.52. The summed E-state index contributed by atoms with van der Waals surface area (Å²) in [5.41, 5.74) is 19.0. The molecule has 364 valence electrons. The van der Waals surface area contributed by atoms with Crippen molar-refractivity contribution in [2.75, 3.05) is 0 Å². The van der Waals surface area contributed by atoms with Gasteiger partial charge in [-0.1, -0.05) is 128 Å². The fourth-order valence-corrected chi connectivity index (χ4v) is 8.67. The first-order valence-electron chi connectivity index (χ1n) is 27.7. The third kappa shape index (κ3) is 15.5. The van der Waals surface area contributed by atoms with E-state index in [4.69, 9.17) is 8.22 Å². The van der Waals surface area contributed by atoms with Crippen molar-refractivity contribution in [3.8, 4) is 45.0 Å². The largest absolute Gasteiger partial charge is 0.212 e. The first kappa shape index (κ1) is 45.9. The van der Waals surface area contributed by atoms with Crippen molar-refractivity contribution < 1.29 is 26.5 Å². The zero-order valence-corrected chi connectivity index (χ0v) is 44.9. The molecule has 0 amide bonds. The lowest BCUT2D eigenvalue weighted by Crippen LogP contribution is -2.31. The second kappa shape index (κ2) is 25.4. The summed E-state index contributed by atoms with van der Waals surface area (Å²) in [5, 5.41) is 0. The third-order valence-electron chi connectivity index (χ3n) is 12.5. The van der Waals surface area contributed by atoms with Crippen LogP contribution in [0.25, 0.3) is 45.0 Å². The summed E-state index contributed by atoms with van der Waals surface area (Å²) >= 11 is 0. The standard InChI is InChI=1S/C18H24N.C17H22N.C16H20N.C15H18N/c1-14-8-6-7-9-16(14)17-12-15(10-11-19(17)5)13-18(2,3)4;1-13(2)11-15-9-10-18(4)17(12-15)16-8-6-5-7-14(16)3;1-12(2)14-9-10-16(17(4)11-14)15-8-6-5-7-13(15)3;1-4-13-9-10-15(16(3)11-13)14-8-6-5-7-12(14)2/h6-12H,13H2,1-5H3;5-10,12-13H,11H2,1-4H3;5-12H,1-4H3;5-11H,4H2,1-3H3/q4*+1/i;;1D3,12D;4D2. The number of hydrogen-bond acceptors (Lipinski definition) is 0. The van der Waals surface area contributed by atoms with Crippen molar-refractivity contribution in [2.45, 2.75) is 108 Å². The van der Waals surface area contributed by atoms with E-state index in [-0.39, 0.29) is 0 Å². The van der Waals surface area contributed by atoms with Gasteiger partial charge in [-0.2, -0.15) is 0 Å². The van der Waals surface area contributed by atoms with Gasteiger partial charge in [0.25, 0.3) is 0 Å². The smallest absolute Gasteiger partial charge is 0.201 e. The lowest BCUT2D eigenvalue weighted by Gasteiger charge is -2.18. The van der Waals surface area contributed by atoms with Crippen LogP contribution < -0.4 is 18.3 Å². The van der Waals surface area contributed by atoms with Crippen LogP contribution in [0.3, 0.4) is 0 Å². The van der Waals surface area contributed by atoms with E-state index >= 15 is 0 Å². The van der Waals surface area contributed by atoms with Crippen LogP contribution in [-0.4, -0.2) is 0 Å². The van der Waals surface area contributed by atoms with Crippen molar-refractivity contribution >= 4 is 0 Å². The number of hydrogen-bond donors (Lipinski definition) is 0. The van der Waals surface area contributed by atoms with Crippen LogP contribution in [0.5, 0.6) is 0 Å². The Labute approximate surface area is 432 Å². The van der Waals surface area contributed by atoms with Crippen LogP contribution in [-0.2, 0) is 47.4 Å². The molecule has 0 aliphatic heterocycles. The molecule has 0 fully saturated rings. The van der Waals surface area contributed by atoms with E-state index in [0.717, 1.165) is 35.4 Å². The molecular weight excluding hydrogens is 849 g/mol. The lowest BCUT2D eigenvalue weighted by atomic mass is 9.88. The molecule has 4 aromatic carbocycles. The second-order valence-electron chi connectivity index (χ2n) is 20.4. The van der Waals surface area contributed by atoms with E-state index in [9.17, 15) is 0 Å². The van der Waals surface area contributed by atoms with Crippen LogP contribution >= 0.6 is 0 Å². The summed E-state index contributed by atoms with van der Waals surface area (Å²) in [7, 11) is 8.06. The Morgan fingerprint density at radius 1 is 0.486 bits per heavy atom. The van der Waals surface area contributed by atoms with Crippen molar-refractivity contribution in [1.29, 1.82) is 0 Å². The molecule has 0 saturated carbocycles. The van der Waals surface area contributed by atoms with Gasteiger partial charge in [0.05, 0.1) is 0 Å². The van der Waals surface area contributed by atoms with Gasteiger partial charge in [-0.25, -0.2) is 18.3 Å². The van der Waals surface area contributed by atoms with Gasteiger partial charge in [0.15, 0.2) is 24.8 Å². The molecule has 0 saturated heterocycles. The topological polar surface area (TPSA) is 15.5 Å². The number of aromatic nitrogens is 4. The summed E-state index contributed by atoms with van der Waals surface area (Å²) in [6.07, 6.45) is 8.87. The van der Waals surface area contributed by atoms with Crippen molar-refractivity contribution in [1.82, 2.24) is 0 Å². The third-order valence-corrected chi connectivity index (χ3v) is 12.5. The Bertz CT molecular complexity index is 3210. The predicted octanol–water partition coefficient (Wildman–Crippen LogP) is 14.4. The Morgan fingerprint density at radius 3 is 1.27 bits per heavy atom. The van der Waals surface area contributed by atoms with Gasteiger partial charge in [-0.15, -0.1) is 0 Å². The average molecular weight is 939 g/mol. The van der Waals surface area contributed by atoms with Gasteiger partial charge in [0.1, 0.15) is 28.2 Å². The van der Waals surface area contributed by atoms with E-state index in [1.54, 1.807) is 19.2 Å². The molecule has 0 bridgehead atoms. The monoisotopic (exact) mass is 939 g/mol. The summed E-state index contributed by atoms with van der Waals surface area (Å²) < 4.78 is 54.5. The van der Waals surface area contributed by atoms with E-state index < -0.39 is 19.1 Å². The molecule has 8 aromatic rings. The van der Waals surface area contributed by atoms with Crippen molar-refractivity contribution in [3.05, 3.63) is 215 Å². The maximum absolute atomic E-state index is 8.16. The van der Waals surface area contributed by atoms with Gasteiger partial charge in [0, 0.05) is 78.0 Å². The maximum atomic E-state index is 8.16. The molecule has 0 aliphatic carbocycles. The highest BCUT2D eigenvalue weighted by atomic mass is 14.9. The van der Waals surface area contributed by atoms with E-state index in [1.165, 1.54) is 62.8 Å². The summed E-state index contributed by atoms with van der Waals surface area (Å²) in [5.74, 6) is -0.919. The van der Waals surface area contributed by atoms with E-state index in [1.807, 2.05) is 90.9 Å². The van der Waals surface area contributed by atoms with Crippen LogP contribution in [0.1, 0.15) is 114 Å². The highest BCUT2D eigenvalue weighted by Gasteiger charge is 2.18. The zero-order chi connectivity index (χ0) is 56.3. The van der Waals surface area contributed by atoms with Gasteiger partial charge in [-0.3, -0.25) is 0 Å². The quantitative estimate of drug-likeness (QED) is 0.128. The van der Waals surface area contributed by atoms with Gasteiger partial charge in [-0.05, 0) is 134 Å². The normalized spacial score (nSPS) is 13.5. The van der Waals surface area contributed by atoms with Gasteiger partial charge >= 0.3 is 0 Å². The SMILES string of the molecule is Cc1ccccc1-c1cc(CC(C)(C)C)cc[n+]1C.Cc1ccccc1-c1cc(CC(C)C)cc[n+]1C.[2H]C([2H])(C)c1ccc(-c2ccccc2C)[n+](C)c1.[2H]C([2H])([2H])C([2H])(C)c1ccc(-c2ccccc2C)[n+](C)c1. The minimum atomic E-state index is -2.36. The maximum Gasteiger partial charge on any atom is 0.212 e. The Balaban J connectivity index is 0.000000187. The second-order valence-corrected chi connectivity index (χ2v) is 20.4. The lowest BCUT2D eigenvalue weighted by molar-refractivity contribution is -0.661. The first-order valence-corrected chi connectivity index (χ1v) is 24.7. The van der Waals surface area contributed by atoms with Crippen molar-refractivity contribution in [2.24, 2.45) is 39.5 Å². The fraction of sp³-hybridized carbons (Fsp3) is 0.333. The first-order chi connectivity index (χ1) is 35.5. The molecule has 70 heavy (non-hydrogen) atoms. The van der Waals surface area contributed by atoms with Gasteiger partial charge < -0.3 is 0 Å². The average Bonchev–Trinajstić information content (AvgIpc) is 3.33. The number of rotatable bonds is 9. The molecule has 0 radical (unpaired) electrons. The molecule has 4 nitrogen and oxygen atoms in total. The van der Waals surface area contributed by atoms with Gasteiger partial charge in [0.2, 0.25) is 22.8 Å². The zero-order valence-electron chi connectivity index (χ0n) is 50.9. The number of benzene rings is 4.